The van der Waals surface area contributed by atoms with E-state index >= 15 is 0 Å². The molecule has 2 aliphatic rings. The number of aromatic nitrogens is 2. The van der Waals surface area contributed by atoms with Crippen molar-refractivity contribution in [1.82, 2.24) is 9.55 Å². The van der Waals surface area contributed by atoms with Crippen LogP contribution in [0.3, 0.4) is 0 Å². The van der Waals surface area contributed by atoms with Gasteiger partial charge in [-0.25, -0.2) is 14.0 Å². The number of carbonyl (C=O) groups excluding carboxylic acids is 1. The molecule has 1 saturated carbocycles. The van der Waals surface area contributed by atoms with Gasteiger partial charge in [-0.2, -0.15) is 4.98 Å². The standard InChI is InChI=1S/C18H26FN3O4S/c1-9(2)11-5-4-10(3)6-13(11)25-16(23)17-26-14(8-27-17)22-7-12(19)15(20)21-18(22)24/h7,9-11,13-14,17H,4-6,8H2,1-3H3,(H2,20,21,24)/t10-,11+,13?,14+,17-/m1/s1. The summed E-state index contributed by atoms with van der Waals surface area (Å²) >= 11 is 1.23. The lowest BCUT2D eigenvalue weighted by molar-refractivity contribution is -0.166. The van der Waals surface area contributed by atoms with Crippen molar-refractivity contribution in [2.24, 2.45) is 17.8 Å². The number of esters is 1. The molecular formula is C18H26FN3O4S. The molecule has 0 radical (unpaired) electrons. The molecule has 7 nitrogen and oxygen atoms in total. The SMILES string of the molecule is CC(C)[C@@H]1CC[C@@H](C)CC1OC(=O)[C@@H]1O[C@H](n2cc(F)c(N)nc2=O)CS1. The first kappa shape index (κ1) is 20.1. The van der Waals surface area contributed by atoms with E-state index in [2.05, 4.69) is 25.8 Å². The molecule has 0 aromatic carbocycles. The molecule has 5 atom stereocenters. The third-order valence-electron chi connectivity index (χ3n) is 5.34. The van der Waals surface area contributed by atoms with E-state index in [-0.39, 0.29) is 6.10 Å². The summed E-state index contributed by atoms with van der Waals surface area (Å²) in [5.41, 5.74) is 3.74. The van der Waals surface area contributed by atoms with Crippen molar-refractivity contribution < 1.29 is 18.7 Å². The summed E-state index contributed by atoms with van der Waals surface area (Å²) in [4.78, 5) is 28.0. The minimum Gasteiger partial charge on any atom is -0.459 e. The number of nitrogens with two attached hydrogens (primary N) is 1. The van der Waals surface area contributed by atoms with Gasteiger partial charge in [0, 0.05) is 5.75 Å². The van der Waals surface area contributed by atoms with Crippen molar-refractivity contribution >= 4 is 23.5 Å². The summed E-state index contributed by atoms with van der Waals surface area (Å²) in [7, 11) is 0. The van der Waals surface area contributed by atoms with Crippen LogP contribution in [-0.2, 0) is 14.3 Å². The Labute approximate surface area is 161 Å². The maximum Gasteiger partial charge on any atom is 0.351 e. The van der Waals surface area contributed by atoms with Gasteiger partial charge in [0.1, 0.15) is 12.3 Å². The molecule has 0 spiro atoms. The van der Waals surface area contributed by atoms with Gasteiger partial charge in [0.25, 0.3) is 0 Å². The Morgan fingerprint density at radius 3 is 2.93 bits per heavy atom. The number of hydrogen-bond donors (Lipinski definition) is 1. The van der Waals surface area contributed by atoms with E-state index in [1.165, 1.54) is 11.8 Å². The van der Waals surface area contributed by atoms with Gasteiger partial charge in [-0.1, -0.05) is 27.2 Å². The second-order valence-electron chi connectivity index (χ2n) is 7.72. The van der Waals surface area contributed by atoms with Gasteiger partial charge in [-0.3, -0.25) is 4.57 Å². The van der Waals surface area contributed by atoms with Crippen molar-refractivity contribution in [1.29, 1.82) is 0 Å². The van der Waals surface area contributed by atoms with Crippen molar-refractivity contribution in [2.75, 3.05) is 11.5 Å². The molecule has 0 bridgehead atoms. The molecule has 2 fully saturated rings. The molecule has 1 aliphatic carbocycles. The maximum absolute atomic E-state index is 13.6. The lowest BCUT2D eigenvalue weighted by Crippen LogP contribution is -2.38. The van der Waals surface area contributed by atoms with Crippen LogP contribution in [-0.4, -0.2) is 32.8 Å². The Kier molecular flexibility index (Phi) is 6.10. The highest BCUT2D eigenvalue weighted by Crippen LogP contribution is 2.37. The predicted molar refractivity (Wildman–Crippen MR) is 100 cm³/mol. The zero-order valence-corrected chi connectivity index (χ0v) is 16.6. The van der Waals surface area contributed by atoms with Crippen LogP contribution >= 0.6 is 11.8 Å². The van der Waals surface area contributed by atoms with Gasteiger partial charge >= 0.3 is 11.7 Å². The van der Waals surface area contributed by atoms with Gasteiger partial charge in [-0.15, -0.1) is 11.8 Å². The Morgan fingerprint density at radius 2 is 2.22 bits per heavy atom. The minimum atomic E-state index is -0.840. The van der Waals surface area contributed by atoms with Crippen molar-refractivity contribution in [3.63, 3.8) is 0 Å². The molecule has 2 heterocycles. The Hall–Kier alpha value is -1.61. The van der Waals surface area contributed by atoms with Gasteiger partial charge in [-0.05, 0) is 30.6 Å². The third-order valence-corrected chi connectivity index (χ3v) is 6.42. The zero-order valence-electron chi connectivity index (χ0n) is 15.8. The maximum atomic E-state index is 13.6. The summed E-state index contributed by atoms with van der Waals surface area (Å²) in [6.45, 7) is 6.46. The largest absolute Gasteiger partial charge is 0.459 e. The fourth-order valence-corrected chi connectivity index (χ4v) is 4.76. The smallest absolute Gasteiger partial charge is 0.351 e. The van der Waals surface area contributed by atoms with Crippen molar-refractivity contribution in [3.8, 4) is 0 Å². The molecule has 1 unspecified atom stereocenters. The first-order valence-corrected chi connectivity index (χ1v) is 10.3. The molecule has 27 heavy (non-hydrogen) atoms. The fourth-order valence-electron chi connectivity index (χ4n) is 3.78. The van der Waals surface area contributed by atoms with Gasteiger partial charge in [0.05, 0.1) is 6.20 Å². The summed E-state index contributed by atoms with van der Waals surface area (Å²) < 4.78 is 26.1. The number of anilines is 1. The van der Waals surface area contributed by atoms with E-state index in [9.17, 15) is 14.0 Å². The lowest BCUT2D eigenvalue weighted by Gasteiger charge is -2.37. The number of carbonyl (C=O) groups is 1. The second kappa shape index (κ2) is 8.18. The topological polar surface area (TPSA) is 96.4 Å². The summed E-state index contributed by atoms with van der Waals surface area (Å²) in [5.74, 6) is -0.0872. The summed E-state index contributed by atoms with van der Waals surface area (Å²) in [6, 6.07) is 0. The first-order valence-electron chi connectivity index (χ1n) is 9.28. The quantitative estimate of drug-likeness (QED) is 0.777. The fraction of sp³-hybridized carbons (Fsp3) is 0.722. The van der Waals surface area contributed by atoms with Crippen LogP contribution in [0.2, 0.25) is 0 Å². The minimum absolute atomic E-state index is 0.122. The Bertz CT molecular complexity index is 757. The summed E-state index contributed by atoms with van der Waals surface area (Å²) in [5, 5.41) is 0. The molecule has 3 rings (SSSR count). The molecule has 2 N–H and O–H groups in total. The predicted octanol–water partition coefficient (Wildman–Crippen LogP) is 2.56. The average molecular weight is 399 g/mol. The molecule has 0 amide bonds. The van der Waals surface area contributed by atoms with Crippen molar-refractivity contribution in [2.45, 2.75) is 57.8 Å². The van der Waals surface area contributed by atoms with Crippen LogP contribution in [0.4, 0.5) is 10.2 Å². The number of hydrogen-bond acceptors (Lipinski definition) is 7. The third kappa shape index (κ3) is 4.45. The Morgan fingerprint density at radius 1 is 1.48 bits per heavy atom. The van der Waals surface area contributed by atoms with Crippen molar-refractivity contribution in [3.05, 3.63) is 22.5 Å². The molecule has 9 heteroatoms. The number of nitrogen functional groups attached to an aromatic ring is 1. The number of halogens is 1. The van der Waals surface area contributed by atoms with E-state index < -0.39 is 35.0 Å². The van der Waals surface area contributed by atoms with Gasteiger partial charge < -0.3 is 15.2 Å². The van der Waals surface area contributed by atoms with E-state index in [1.54, 1.807) is 0 Å². The van der Waals surface area contributed by atoms with Crippen LogP contribution in [0, 0.1) is 23.6 Å². The van der Waals surface area contributed by atoms with E-state index in [0.29, 0.717) is 23.5 Å². The van der Waals surface area contributed by atoms with Crippen LogP contribution in [0.1, 0.15) is 46.3 Å². The van der Waals surface area contributed by atoms with E-state index in [0.717, 1.165) is 30.0 Å². The highest BCUT2D eigenvalue weighted by molar-refractivity contribution is 8.00. The first-order chi connectivity index (χ1) is 12.8. The normalized spacial score (nSPS) is 31.2. The number of thioether (sulfide) groups is 1. The number of nitrogens with zero attached hydrogens (tertiary/aromatic N) is 2. The van der Waals surface area contributed by atoms with Crippen LogP contribution in [0.25, 0.3) is 0 Å². The molecule has 1 aromatic rings. The van der Waals surface area contributed by atoms with Crippen LogP contribution < -0.4 is 11.4 Å². The highest BCUT2D eigenvalue weighted by Gasteiger charge is 2.39. The number of ether oxygens (including phenoxy) is 2. The molecule has 1 saturated heterocycles. The van der Waals surface area contributed by atoms with E-state index in [1.807, 2.05) is 0 Å². The zero-order chi connectivity index (χ0) is 19.7. The molecule has 150 valence electrons. The molecular weight excluding hydrogens is 373 g/mol. The molecule has 1 aromatic heterocycles. The Balaban J connectivity index is 1.65. The van der Waals surface area contributed by atoms with Gasteiger partial charge in [0.15, 0.2) is 11.6 Å². The second-order valence-corrected chi connectivity index (χ2v) is 8.82. The highest BCUT2D eigenvalue weighted by atomic mass is 32.2. The monoisotopic (exact) mass is 399 g/mol. The number of rotatable bonds is 4. The van der Waals surface area contributed by atoms with E-state index in [4.69, 9.17) is 15.2 Å². The van der Waals surface area contributed by atoms with Gasteiger partial charge in [0.2, 0.25) is 5.44 Å². The summed E-state index contributed by atoms with van der Waals surface area (Å²) in [6.07, 6.45) is 3.09. The molecule has 1 aliphatic heterocycles. The lowest BCUT2D eigenvalue weighted by atomic mass is 9.75. The van der Waals surface area contributed by atoms with Crippen LogP contribution in [0.15, 0.2) is 11.0 Å². The van der Waals surface area contributed by atoms with Crippen LogP contribution in [0.5, 0.6) is 0 Å². The average Bonchev–Trinajstić information content (AvgIpc) is 3.08.